The smallest absolute Gasteiger partial charge is 0.369 e. The van der Waals surface area contributed by atoms with Crippen molar-refractivity contribution in [3.63, 3.8) is 0 Å². The van der Waals surface area contributed by atoms with Crippen LogP contribution in [0.5, 0.6) is 0 Å². The van der Waals surface area contributed by atoms with Crippen molar-refractivity contribution in [1.29, 1.82) is 0 Å². The molecule has 0 aliphatic carbocycles. The number of benzene rings is 2. The lowest BCUT2D eigenvalue weighted by molar-refractivity contribution is -0.447. The third-order valence-electron chi connectivity index (χ3n) is 8.65. The van der Waals surface area contributed by atoms with Crippen molar-refractivity contribution < 1.29 is 79.8 Å². The summed E-state index contributed by atoms with van der Waals surface area (Å²) < 4.78 is 240. The average molecular weight is 1030 g/mol. The molecule has 36 heteroatoms. The largest absolute Gasteiger partial charge is 0.393 e. The second-order valence-electron chi connectivity index (χ2n) is 13.9. The average Bonchev–Trinajstić information content (AvgIpc) is 3.24. The van der Waals surface area contributed by atoms with Crippen LogP contribution in [0, 0.1) is 0 Å². The van der Waals surface area contributed by atoms with Crippen LogP contribution in [0.15, 0.2) is 77.2 Å². The number of carbonyl (C=O) groups is 2. The molecule has 0 atom stereocenters. The summed E-state index contributed by atoms with van der Waals surface area (Å²) >= 11 is 0. The van der Waals surface area contributed by atoms with E-state index in [2.05, 4.69) is 40.8 Å². The molecule has 0 heterocycles. The number of hydrogen-bond acceptors (Lipinski definition) is 10. The minimum atomic E-state index is -8.97. The maximum Gasteiger partial charge on any atom is 0.393 e. The van der Waals surface area contributed by atoms with Crippen molar-refractivity contribution in [2.45, 2.75) is 75.1 Å². The topological polar surface area (TPSA) is 365 Å². The highest BCUT2D eigenvalue weighted by Crippen LogP contribution is 2.64. The summed E-state index contributed by atoms with van der Waals surface area (Å²) in [6.07, 6.45) is 0. The number of nitrogens with one attached hydrogen (secondary N) is 2. The lowest BCUT2D eigenvalue weighted by Gasteiger charge is -2.43. The van der Waals surface area contributed by atoms with Crippen LogP contribution in [-0.2, 0) is 9.59 Å². The van der Waals surface area contributed by atoms with Gasteiger partial charge in [0.1, 0.15) is 0 Å². The molecule has 18 N–H and O–H groups in total. The molecule has 0 aromatic heterocycles. The predicted molar refractivity (Wildman–Crippen MR) is 222 cm³/mol. The molecule has 0 bridgehead atoms. The fourth-order valence-electron chi connectivity index (χ4n) is 4.88. The summed E-state index contributed by atoms with van der Waals surface area (Å²) in [6, 6.07) is 4.04. The summed E-state index contributed by atoms with van der Waals surface area (Å²) in [5.41, 5.74) is 35.8. The lowest BCUT2D eigenvalue weighted by atomic mass is 9.87. The number of hydrogen-bond donors (Lipinski definition) is 10. The lowest BCUT2D eigenvalue weighted by Crippen LogP contribution is -2.76. The van der Waals surface area contributed by atoms with Gasteiger partial charge in [0, 0.05) is 33.6 Å². The van der Waals surface area contributed by atoms with E-state index in [9.17, 15) is 62.3 Å². The van der Waals surface area contributed by atoms with Crippen LogP contribution in [0.4, 0.5) is 81.6 Å². The van der Waals surface area contributed by atoms with Gasteiger partial charge in [-0.25, -0.2) is 0 Å². The number of anilines is 2. The van der Waals surface area contributed by atoms with E-state index in [0.29, 0.717) is 24.3 Å². The maximum absolute atomic E-state index is 15.1. The van der Waals surface area contributed by atoms with E-state index < -0.39 is 94.4 Å². The van der Waals surface area contributed by atoms with Gasteiger partial charge in [0.05, 0.1) is 22.8 Å². The number of nitrogens with zero attached hydrogens (tertiary/aromatic N) is 8. The standard InChI is InChI=1S/C34H36F16N18O2/c1-11(61-65-23(51)52)15-5-16(12(2)62-66-24(53)54)8-19(7-15)59-21(69)27(35,36)29(39,40)31(43,44)33(47,48)34(49,50)32(45,46)30(41,42)28(37,38)22(70)60-20-9-17(13(3)63-67-25(55)56)6-18(10-20)14(4)64-68-26(57)58/h5-10H,1-4H3,(H,59,69)(H,60,70)(H4,51,52,65)(H4,53,54,66)(H4,55,56,67)(H4,57,58,68)/b61-11-,62-12-,63-13-,64-14-. The highest BCUT2D eigenvalue weighted by Gasteiger charge is 2.96. The normalized spacial score (nSPS) is 14.1. The molecule has 0 saturated carbocycles. The second kappa shape index (κ2) is 20.3. The maximum atomic E-state index is 15.1. The van der Waals surface area contributed by atoms with E-state index in [-0.39, 0.29) is 45.1 Å². The van der Waals surface area contributed by atoms with E-state index in [1.807, 2.05) is 0 Å². The van der Waals surface area contributed by atoms with Gasteiger partial charge in [0.25, 0.3) is 0 Å². The summed E-state index contributed by atoms with van der Waals surface area (Å²) in [5.74, 6) is -77.5. The zero-order valence-corrected chi connectivity index (χ0v) is 35.5. The molecule has 2 rings (SSSR count). The second-order valence-corrected chi connectivity index (χ2v) is 13.9. The van der Waals surface area contributed by atoms with Gasteiger partial charge in [-0.15, -0.1) is 20.4 Å². The van der Waals surface area contributed by atoms with Gasteiger partial charge in [-0.3, -0.25) is 9.59 Å². The quantitative estimate of drug-likeness (QED) is 0.0423. The Bertz CT molecular complexity index is 2310. The van der Waals surface area contributed by atoms with Crippen LogP contribution in [-0.4, -0.2) is 106 Å². The molecule has 0 fully saturated rings. The van der Waals surface area contributed by atoms with Crippen LogP contribution in [0.3, 0.4) is 0 Å². The number of nitrogens with two attached hydrogens (primary N) is 8. The van der Waals surface area contributed by atoms with Crippen molar-refractivity contribution in [1.82, 2.24) is 0 Å². The first kappa shape index (κ1) is 58.1. The van der Waals surface area contributed by atoms with Crippen molar-refractivity contribution in [2.24, 2.45) is 86.7 Å². The Morgan fingerprint density at radius 3 is 0.714 bits per heavy atom. The third-order valence-corrected chi connectivity index (χ3v) is 8.65. The van der Waals surface area contributed by atoms with Crippen LogP contribution in [0.25, 0.3) is 0 Å². The van der Waals surface area contributed by atoms with E-state index in [1.165, 1.54) is 0 Å². The third kappa shape index (κ3) is 11.5. The molecule has 2 aromatic carbocycles. The van der Waals surface area contributed by atoms with Gasteiger partial charge in [0.15, 0.2) is 0 Å². The Morgan fingerprint density at radius 2 is 0.529 bits per heavy atom. The Hall–Kier alpha value is -7.98. The highest BCUT2D eigenvalue weighted by atomic mass is 19.4. The molecule has 20 nitrogen and oxygen atoms in total. The molecule has 0 aliphatic heterocycles. The first-order valence-corrected chi connectivity index (χ1v) is 18.0. The number of alkyl halides is 16. The fraction of sp³-hybridized carbons (Fsp3) is 0.353. The molecule has 2 aromatic rings. The Morgan fingerprint density at radius 1 is 0.343 bits per heavy atom. The van der Waals surface area contributed by atoms with E-state index in [4.69, 9.17) is 45.9 Å². The fourth-order valence-corrected chi connectivity index (χ4v) is 4.88. The van der Waals surface area contributed by atoms with Crippen LogP contribution in [0.1, 0.15) is 49.9 Å². The molecular formula is C34H36F16N18O2. The number of halogens is 16. The zero-order valence-electron chi connectivity index (χ0n) is 35.5. The van der Waals surface area contributed by atoms with Gasteiger partial charge >= 0.3 is 59.2 Å². The molecule has 0 unspecified atom stereocenters. The van der Waals surface area contributed by atoms with E-state index >= 15 is 17.6 Å². The first-order valence-electron chi connectivity index (χ1n) is 18.0. The van der Waals surface area contributed by atoms with Crippen molar-refractivity contribution in [3.05, 3.63) is 58.7 Å². The minimum absolute atomic E-state index is 0.336. The molecule has 0 aliphatic rings. The van der Waals surface area contributed by atoms with Crippen LogP contribution in [0.2, 0.25) is 0 Å². The Labute approximate surface area is 380 Å². The Kier molecular flexibility index (Phi) is 16.9. The van der Waals surface area contributed by atoms with E-state index in [0.717, 1.165) is 50.5 Å². The number of carbonyl (C=O) groups excluding carboxylic acids is 2. The van der Waals surface area contributed by atoms with Crippen molar-refractivity contribution in [3.8, 4) is 0 Å². The summed E-state index contributed by atoms with van der Waals surface area (Å²) in [5, 5.41) is 28.6. The molecular weight excluding hydrogens is 996 g/mol. The summed E-state index contributed by atoms with van der Waals surface area (Å²) in [6.45, 7) is 4.25. The number of rotatable bonds is 19. The number of amides is 2. The van der Waals surface area contributed by atoms with Gasteiger partial charge in [0.2, 0.25) is 23.8 Å². The number of guanidine groups is 4. The van der Waals surface area contributed by atoms with Gasteiger partial charge in [-0.05, 0) is 64.1 Å². The van der Waals surface area contributed by atoms with Crippen LogP contribution >= 0.6 is 0 Å². The first-order chi connectivity index (χ1) is 31.5. The van der Waals surface area contributed by atoms with Crippen molar-refractivity contribution in [2.75, 3.05) is 10.6 Å². The van der Waals surface area contributed by atoms with E-state index in [1.54, 1.807) is 0 Å². The predicted octanol–water partition coefficient (Wildman–Crippen LogP) is 3.34. The monoisotopic (exact) mass is 1030 g/mol. The summed E-state index contributed by atoms with van der Waals surface area (Å²) in [7, 11) is 0. The van der Waals surface area contributed by atoms with Gasteiger partial charge in [-0.1, -0.05) is 0 Å². The van der Waals surface area contributed by atoms with Gasteiger partial charge in [-0.2, -0.15) is 90.7 Å². The molecule has 0 saturated heterocycles. The minimum Gasteiger partial charge on any atom is -0.369 e. The molecule has 0 radical (unpaired) electrons. The van der Waals surface area contributed by atoms with Gasteiger partial charge < -0.3 is 56.5 Å². The van der Waals surface area contributed by atoms with Crippen LogP contribution < -0.4 is 56.5 Å². The molecule has 0 spiro atoms. The molecule has 2 amide bonds. The highest BCUT2D eigenvalue weighted by molar-refractivity contribution is 6.08. The Balaban J connectivity index is 2.71. The SMILES string of the molecule is C/C(=N/N=C(N)N)c1cc(NC(=O)C(F)(F)C(F)(F)C(F)(F)C(F)(F)C(F)(F)C(F)(F)C(F)(F)C(F)(F)C(=O)Nc2cc(/C(C)=N\N=C(N)N)cc(/C(C)=N\N=C(N)N)c2)cc(/C(C)=N\N=C(N)N)c1. The molecule has 70 heavy (non-hydrogen) atoms. The molecule has 386 valence electrons. The van der Waals surface area contributed by atoms with Crippen molar-refractivity contribution >= 4 is 69.9 Å². The summed E-state index contributed by atoms with van der Waals surface area (Å²) in [4.78, 5) is 25.0. The zero-order chi connectivity index (χ0) is 54.6.